The van der Waals surface area contributed by atoms with Gasteiger partial charge in [-0.3, -0.25) is 4.79 Å². The molecule has 2 N–H and O–H groups in total. The normalized spacial score (nSPS) is 10.6. The Hall–Kier alpha value is -3.60. The molecule has 5 heteroatoms. The number of aliphatic carboxylic acids is 2. The van der Waals surface area contributed by atoms with Gasteiger partial charge in [-0.1, -0.05) is 48.5 Å². The van der Waals surface area contributed by atoms with Gasteiger partial charge in [-0.05, 0) is 71.3 Å². The van der Waals surface area contributed by atoms with Crippen molar-refractivity contribution in [3.63, 3.8) is 0 Å². The van der Waals surface area contributed by atoms with Crippen molar-refractivity contribution in [2.24, 2.45) is 0 Å². The van der Waals surface area contributed by atoms with Crippen molar-refractivity contribution >= 4 is 11.9 Å². The molecule has 0 fully saturated rings. The molecule has 0 spiro atoms. The number of rotatable bonds is 8. The molecule has 0 aromatic heterocycles. The molecule has 3 rings (SSSR count). The lowest BCUT2D eigenvalue weighted by atomic mass is 9.88. The number of carbonyl (C=O) groups is 2. The fourth-order valence-electron chi connectivity index (χ4n) is 3.56. The monoisotopic (exact) mass is 404 g/mol. The van der Waals surface area contributed by atoms with Crippen LogP contribution in [0.3, 0.4) is 0 Å². The minimum absolute atomic E-state index is 0.0183. The Kier molecular flexibility index (Phi) is 6.52. The predicted octanol–water partition coefficient (Wildman–Crippen LogP) is 5.12. The highest BCUT2D eigenvalue weighted by atomic mass is 16.5. The molecule has 3 aromatic carbocycles. The lowest BCUT2D eigenvalue weighted by Crippen LogP contribution is -2.09. The molecule has 0 heterocycles. The van der Waals surface area contributed by atoms with Crippen LogP contribution in [0.5, 0.6) is 5.75 Å². The molecule has 0 radical (unpaired) electrons. The molecule has 0 amide bonds. The second-order valence-corrected chi connectivity index (χ2v) is 7.17. The molecular formula is C25H24O5. The topological polar surface area (TPSA) is 83.8 Å². The molecule has 0 saturated heterocycles. The minimum atomic E-state index is -1.06. The number of benzene rings is 3. The summed E-state index contributed by atoms with van der Waals surface area (Å²) in [6, 6.07) is 19.6. The van der Waals surface area contributed by atoms with E-state index in [-0.39, 0.29) is 6.42 Å². The SMILES string of the molecule is Cc1c(-c2ccccc2)ccc(-c2ccc(OCC(=O)O)cc2CCC(=O)O)c1C. The predicted molar refractivity (Wildman–Crippen MR) is 116 cm³/mol. The first-order chi connectivity index (χ1) is 14.4. The highest BCUT2D eigenvalue weighted by molar-refractivity contribution is 5.79. The van der Waals surface area contributed by atoms with E-state index in [0.717, 1.165) is 38.9 Å². The van der Waals surface area contributed by atoms with E-state index < -0.39 is 18.5 Å². The summed E-state index contributed by atoms with van der Waals surface area (Å²) in [6.07, 6.45) is 0.309. The average molecular weight is 404 g/mol. The van der Waals surface area contributed by atoms with E-state index in [0.29, 0.717) is 12.2 Å². The van der Waals surface area contributed by atoms with Crippen LogP contribution >= 0.6 is 0 Å². The van der Waals surface area contributed by atoms with Crippen LogP contribution in [0.2, 0.25) is 0 Å². The summed E-state index contributed by atoms with van der Waals surface area (Å²) >= 11 is 0. The number of ether oxygens (including phenoxy) is 1. The van der Waals surface area contributed by atoms with Crippen molar-refractivity contribution in [1.29, 1.82) is 0 Å². The van der Waals surface area contributed by atoms with Gasteiger partial charge in [0.15, 0.2) is 6.61 Å². The molecular weight excluding hydrogens is 380 g/mol. The Morgan fingerprint density at radius 2 is 1.43 bits per heavy atom. The van der Waals surface area contributed by atoms with E-state index in [2.05, 4.69) is 38.1 Å². The van der Waals surface area contributed by atoms with E-state index in [1.807, 2.05) is 24.3 Å². The van der Waals surface area contributed by atoms with Gasteiger partial charge in [-0.2, -0.15) is 0 Å². The first kappa shape index (κ1) is 21.1. The molecule has 0 bridgehead atoms. The number of carboxylic acid groups (broad SMARTS) is 2. The molecule has 0 aliphatic rings. The third kappa shape index (κ3) is 4.87. The smallest absolute Gasteiger partial charge is 0.341 e. The van der Waals surface area contributed by atoms with E-state index in [9.17, 15) is 9.59 Å². The number of carboxylic acids is 2. The van der Waals surface area contributed by atoms with Gasteiger partial charge in [0.25, 0.3) is 0 Å². The summed E-state index contributed by atoms with van der Waals surface area (Å²) in [5, 5.41) is 18.0. The highest BCUT2D eigenvalue weighted by Gasteiger charge is 2.14. The van der Waals surface area contributed by atoms with Gasteiger partial charge in [0, 0.05) is 6.42 Å². The third-order valence-corrected chi connectivity index (χ3v) is 5.21. The van der Waals surface area contributed by atoms with Crippen LogP contribution in [0.25, 0.3) is 22.3 Å². The summed E-state index contributed by atoms with van der Waals surface area (Å²) in [6.45, 7) is 3.71. The third-order valence-electron chi connectivity index (χ3n) is 5.21. The molecule has 0 unspecified atom stereocenters. The lowest BCUT2D eigenvalue weighted by molar-refractivity contribution is -0.139. The van der Waals surface area contributed by atoms with Crippen molar-refractivity contribution in [3.8, 4) is 28.0 Å². The summed E-state index contributed by atoms with van der Waals surface area (Å²) in [5.41, 5.74) is 7.35. The van der Waals surface area contributed by atoms with E-state index in [1.165, 1.54) is 0 Å². The average Bonchev–Trinajstić information content (AvgIpc) is 2.73. The summed E-state index contributed by atoms with van der Waals surface area (Å²) in [5.74, 6) is -1.53. The Bertz CT molecular complexity index is 1070. The van der Waals surface area contributed by atoms with Gasteiger partial charge >= 0.3 is 11.9 Å². The maximum Gasteiger partial charge on any atom is 0.341 e. The van der Waals surface area contributed by atoms with Crippen molar-refractivity contribution in [2.45, 2.75) is 26.7 Å². The van der Waals surface area contributed by atoms with Crippen molar-refractivity contribution < 1.29 is 24.5 Å². The maximum atomic E-state index is 11.1. The molecule has 0 atom stereocenters. The van der Waals surface area contributed by atoms with Crippen molar-refractivity contribution in [3.05, 3.63) is 77.4 Å². The van der Waals surface area contributed by atoms with Crippen LogP contribution in [0, 0.1) is 13.8 Å². The zero-order valence-electron chi connectivity index (χ0n) is 17.0. The van der Waals surface area contributed by atoms with Gasteiger partial charge in [0.1, 0.15) is 5.75 Å². The quantitative estimate of drug-likeness (QED) is 0.544. The largest absolute Gasteiger partial charge is 0.482 e. The minimum Gasteiger partial charge on any atom is -0.482 e. The molecule has 0 saturated carbocycles. The number of hydrogen-bond donors (Lipinski definition) is 2. The lowest BCUT2D eigenvalue weighted by Gasteiger charge is -2.17. The van der Waals surface area contributed by atoms with Crippen LogP contribution < -0.4 is 4.74 Å². The van der Waals surface area contributed by atoms with Crippen LogP contribution in [0.1, 0.15) is 23.1 Å². The highest BCUT2D eigenvalue weighted by Crippen LogP contribution is 2.35. The number of aryl methyl sites for hydroxylation is 1. The Morgan fingerprint density at radius 1 is 0.800 bits per heavy atom. The summed E-state index contributed by atoms with van der Waals surface area (Å²) < 4.78 is 5.29. The maximum absolute atomic E-state index is 11.1. The first-order valence-electron chi connectivity index (χ1n) is 9.72. The zero-order valence-corrected chi connectivity index (χ0v) is 17.0. The van der Waals surface area contributed by atoms with Gasteiger partial charge in [0.2, 0.25) is 0 Å². The van der Waals surface area contributed by atoms with E-state index in [1.54, 1.807) is 12.1 Å². The van der Waals surface area contributed by atoms with E-state index >= 15 is 0 Å². The summed E-state index contributed by atoms with van der Waals surface area (Å²) in [4.78, 5) is 21.9. The Labute approximate surface area is 175 Å². The fourth-order valence-corrected chi connectivity index (χ4v) is 3.56. The molecule has 154 valence electrons. The van der Waals surface area contributed by atoms with Gasteiger partial charge in [0.05, 0.1) is 0 Å². The molecule has 5 nitrogen and oxygen atoms in total. The second kappa shape index (κ2) is 9.27. The Morgan fingerprint density at radius 3 is 2.10 bits per heavy atom. The second-order valence-electron chi connectivity index (χ2n) is 7.17. The van der Waals surface area contributed by atoms with Crippen LogP contribution in [-0.2, 0) is 16.0 Å². The van der Waals surface area contributed by atoms with Crippen LogP contribution in [0.15, 0.2) is 60.7 Å². The molecule has 3 aromatic rings. The van der Waals surface area contributed by atoms with Crippen molar-refractivity contribution in [1.82, 2.24) is 0 Å². The standard InChI is InChI=1S/C25H24O5/c1-16-17(2)22(12-11-21(16)18-6-4-3-5-7-18)23-10-9-20(30-15-25(28)29)14-19(23)8-13-24(26)27/h3-7,9-12,14H,8,13,15H2,1-2H3,(H,26,27)(H,28,29). The first-order valence-corrected chi connectivity index (χ1v) is 9.72. The summed E-state index contributed by atoms with van der Waals surface area (Å²) in [7, 11) is 0. The van der Waals surface area contributed by atoms with Crippen LogP contribution in [0.4, 0.5) is 0 Å². The van der Waals surface area contributed by atoms with E-state index in [4.69, 9.17) is 14.9 Å². The molecule has 0 aliphatic carbocycles. The van der Waals surface area contributed by atoms with Gasteiger partial charge in [-0.15, -0.1) is 0 Å². The van der Waals surface area contributed by atoms with Crippen molar-refractivity contribution in [2.75, 3.05) is 6.61 Å². The number of hydrogen-bond acceptors (Lipinski definition) is 3. The Balaban J connectivity index is 2.03. The fraction of sp³-hybridized carbons (Fsp3) is 0.200. The van der Waals surface area contributed by atoms with Crippen LogP contribution in [-0.4, -0.2) is 28.8 Å². The molecule has 30 heavy (non-hydrogen) atoms. The molecule has 0 aliphatic heterocycles. The van der Waals surface area contributed by atoms with Gasteiger partial charge < -0.3 is 14.9 Å². The van der Waals surface area contributed by atoms with Gasteiger partial charge in [-0.25, -0.2) is 4.79 Å². The zero-order chi connectivity index (χ0) is 21.7.